The minimum Gasteiger partial charge on any atom is -0.273 e. The van der Waals surface area contributed by atoms with Crippen LogP contribution in [0.4, 0.5) is 13.2 Å². The lowest BCUT2D eigenvalue weighted by Crippen LogP contribution is -2.38. The van der Waals surface area contributed by atoms with Crippen molar-refractivity contribution in [1.82, 2.24) is 9.89 Å². The van der Waals surface area contributed by atoms with Crippen molar-refractivity contribution in [3.05, 3.63) is 40.3 Å². The van der Waals surface area contributed by atoms with E-state index in [4.69, 9.17) is 0 Å². The van der Waals surface area contributed by atoms with E-state index in [0.29, 0.717) is 16.6 Å². The van der Waals surface area contributed by atoms with Crippen molar-refractivity contribution in [2.45, 2.75) is 38.3 Å². The number of benzene rings is 1. The molecule has 3 unspecified atom stereocenters. The van der Waals surface area contributed by atoms with E-state index in [1.54, 1.807) is 0 Å². The molecule has 2 aromatic rings. The Labute approximate surface area is 147 Å². The molecule has 1 aromatic carbocycles. The zero-order valence-corrected chi connectivity index (χ0v) is 13.9. The number of hydrogen-bond acceptors (Lipinski definition) is 3. The van der Waals surface area contributed by atoms with Gasteiger partial charge in [0.1, 0.15) is 0 Å². The monoisotopic (exact) mass is 365 g/mol. The van der Waals surface area contributed by atoms with Gasteiger partial charge in [0.2, 0.25) is 5.91 Å². The lowest BCUT2D eigenvalue weighted by atomic mass is 9.86. The molecule has 1 amide bonds. The number of nitrogens with zero attached hydrogens (tertiary/aromatic N) is 2. The van der Waals surface area contributed by atoms with Crippen LogP contribution in [0.2, 0.25) is 0 Å². The third kappa shape index (κ3) is 2.97. The fraction of sp³-hybridized carbons (Fsp3) is 0.500. The van der Waals surface area contributed by atoms with Crippen LogP contribution in [0, 0.1) is 17.8 Å². The molecule has 0 saturated heterocycles. The number of nitrogens with one attached hydrogen (secondary N) is 1. The number of alkyl halides is 3. The second-order valence-electron chi connectivity index (χ2n) is 7.28. The average molecular weight is 365 g/mol. The third-order valence-corrected chi connectivity index (χ3v) is 5.64. The summed E-state index contributed by atoms with van der Waals surface area (Å²) in [5.41, 5.74) is 0.300. The molecule has 3 atom stereocenters. The van der Waals surface area contributed by atoms with E-state index >= 15 is 0 Å². The molecule has 2 saturated carbocycles. The first kappa shape index (κ1) is 17.1. The molecule has 1 N–H and O–H groups in total. The van der Waals surface area contributed by atoms with E-state index in [-0.39, 0.29) is 23.1 Å². The lowest BCUT2D eigenvalue weighted by molar-refractivity contribution is -0.141. The Hall–Kier alpha value is -2.38. The van der Waals surface area contributed by atoms with Crippen LogP contribution >= 0.6 is 0 Å². The zero-order valence-electron chi connectivity index (χ0n) is 13.9. The second-order valence-corrected chi connectivity index (χ2v) is 7.28. The Morgan fingerprint density at radius 2 is 1.92 bits per heavy atom. The number of carbonyl (C=O) groups is 1. The van der Waals surface area contributed by atoms with Crippen LogP contribution < -0.4 is 11.0 Å². The Morgan fingerprint density at radius 3 is 2.54 bits per heavy atom. The third-order valence-electron chi connectivity index (χ3n) is 5.64. The van der Waals surface area contributed by atoms with Crippen LogP contribution in [0.3, 0.4) is 0 Å². The highest BCUT2D eigenvalue weighted by Gasteiger charge is 2.40. The van der Waals surface area contributed by atoms with E-state index in [1.165, 1.54) is 30.7 Å². The lowest BCUT2D eigenvalue weighted by Gasteiger charge is -2.21. The van der Waals surface area contributed by atoms with Gasteiger partial charge in [0.15, 0.2) is 5.69 Å². The number of fused-ring (bicyclic) bond motifs is 3. The van der Waals surface area contributed by atoms with E-state index in [1.807, 2.05) is 0 Å². The number of halogens is 3. The summed E-state index contributed by atoms with van der Waals surface area (Å²) in [7, 11) is 0. The summed E-state index contributed by atoms with van der Waals surface area (Å²) in [6, 6.07) is 5.39. The Morgan fingerprint density at radius 1 is 1.19 bits per heavy atom. The van der Waals surface area contributed by atoms with Crippen LogP contribution in [0.1, 0.15) is 37.8 Å². The van der Waals surface area contributed by atoms with Crippen molar-refractivity contribution in [2.75, 3.05) is 5.43 Å². The van der Waals surface area contributed by atoms with Gasteiger partial charge in [-0.25, -0.2) is 5.43 Å². The number of carbonyl (C=O) groups excluding carboxylic acids is 1. The van der Waals surface area contributed by atoms with Crippen LogP contribution in [0.25, 0.3) is 10.8 Å². The zero-order chi connectivity index (χ0) is 18.5. The van der Waals surface area contributed by atoms with Crippen molar-refractivity contribution in [2.24, 2.45) is 17.8 Å². The largest absolute Gasteiger partial charge is 0.435 e. The van der Waals surface area contributed by atoms with E-state index in [2.05, 4.69) is 10.5 Å². The first-order valence-electron chi connectivity index (χ1n) is 8.72. The predicted molar refractivity (Wildman–Crippen MR) is 88.9 cm³/mol. The normalized spacial score (nSPS) is 25.0. The average Bonchev–Trinajstić information content (AvgIpc) is 3.19. The molecular formula is C18H18F3N3O2. The van der Waals surface area contributed by atoms with Gasteiger partial charge in [0.05, 0.1) is 5.39 Å². The molecule has 4 rings (SSSR count). The highest BCUT2D eigenvalue weighted by Crippen LogP contribution is 2.49. The van der Waals surface area contributed by atoms with Crippen LogP contribution in [-0.4, -0.2) is 15.8 Å². The number of hydrogen-bond donors (Lipinski definition) is 1. The molecule has 0 radical (unpaired) electrons. The van der Waals surface area contributed by atoms with Crippen molar-refractivity contribution in [1.29, 1.82) is 0 Å². The highest BCUT2D eigenvalue weighted by molar-refractivity contribution is 5.86. The minimum absolute atomic E-state index is 0.130. The van der Waals surface area contributed by atoms with Gasteiger partial charge in [-0.05, 0) is 43.1 Å². The summed E-state index contributed by atoms with van der Waals surface area (Å²) >= 11 is 0. The number of amides is 1. The summed E-state index contributed by atoms with van der Waals surface area (Å²) in [5.74, 6) is 0.946. The van der Waals surface area contributed by atoms with Gasteiger partial charge < -0.3 is 0 Å². The first-order chi connectivity index (χ1) is 12.3. The molecule has 0 spiro atoms. The summed E-state index contributed by atoms with van der Waals surface area (Å²) in [6.45, 7) is 0. The minimum atomic E-state index is -4.73. The molecule has 2 bridgehead atoms. The predicted octanol–water partition coefficient (Wildman–Crippen LogP) is 3.31. The summed E-state index contributed by atoms with van der Waals surface area (Å²) in [5, 5.41) is 2.98. The number of aromatic nitrogens is 2. The molecule has 1 aromatic heterocycles. The van der Waals surface area contributed by atoms with Gasteiger partial charge in [-0.2, -0.15) is 13.2 Å². The van der Waals surface area contributed by atoms with E-state index in [0.717, 1.165) is 19.3 Å². The van der Waals surface area contributed by atoms with Gasteiger partial charge >= 0.3 is 6.18 Å². The van der Waals surface area contributed by atoms with E-state index < -0.39 is 23.3 Å². The molecule has 2 aliphatic carbocycles. The van der Waals surface area contributed by atoms with Crippen molar-refractivity contribution >= 4 is 16.7 Å². The van der Waals surface area contributed by atoms with Gasteiger partial charge in [-0.15, -0.1) is 9.89 Å². The summed E-state index contributed by atoms with van der Waals surface area (Å²) in [4.78, 5) is 25.2. The topological polar surface area (TPSA) is 64.0 Å². The quantitative estimate of drug-likeness (QED) is 0.908. The van der Waals surface area contributed by atoms with Crippen molar-refractivity contribution in [3.63, 3.8) is 0 Å². The molecular weight excluding hydrogens is 347 g/mol. The SMILES string of the molecule is O=C(CC1CC2CCC1C2)Nn1nc(C(F)(F)F)c2ccccc2c1=O. The molecule has 2 aliphatic rings. The molecule has 138 valence electrons. The maximum absolute atomic E-state index is 13.3. The highest BCUT2D eigenvalue weighted by atomic mass is 19.4. The second kappa shape index (κ2) is 6.10. The summed E-state index contributed by atoms with van der Waals surface area (Å²) < 4.78 is 39.9. The smallest absolute Gasteiger partial charge is 0.273 e. The first-order valence-corrected chi connectivity index (χ1v) is 8.72. The maximum Gasteiger partial charge on any atom is 0.435 e. The summed E-state index contributed by atoms with van der Waals surface area (Å²) in [6.07, 6.45) is -0.109. The standard InChI is InChI=1S/C18H18F3N3O2/c19-18(20,21)16-13-3-1-2-4-14(13)17(26)24(23-16)22-15(25)9-12-8-10-5-6-11(12)7-10/h1-4,10-12H,5-9H2,(H,22,25). The maximum atomic E-state index is 13.3. The van der Waals surface area contributed by atoms with Crippen LogP contribution in [-0.2, 0) is 11.0 Å². The Balaban J connectivity index is 1.63. The van der Waals surface area contributed by atoms with E-state index in [9.17, 15) is 22.8 Å². The molecule has 5 nitrogen and oxygen atoms in total. The fourth-order valence-corrected chi connectivity index (χ4v) is 4.50. The molecule has 26 heavy (non-hydrogen) atoms. The molecule has 8 heteroatoms. The number of rotatable bonds is 3. The van der Waals surface area contributed by atoms with Gasteiger partial charge in [0, 0.05) is 11.8 Å². The van der Waals surface area contributed by atoms with Crippen LogP contribution in [0.5, 0.6) is 0 Å². The van der Waals surface area contributed by atoms with Gasteiger partial charge in [0.25, 0.3) is 5.56 Å². The van der Waals surface area contributed by atoms with Crippen LogP contribution in [0.15, 0.2) is 29.1 Å². The molecule has 1 heterocycles. The Bertz CT molecular complexity index is 922. The Kier molecular flexibility index (Phi) is 4.00. The van der Waals surface area contributed by atoms with Gasteiger partial charge in [-0.3, -0.25) is 9.59 Å². The molecule has 2 fully saturated rings. The van der Waals surface area contributed by atoms with Gasteiger partial charge in [-0.1, -0.05) is 24.6 Å². The fourth-order valence-electron chi connectivity index (χ4n) is 4.50. The molecule has 0 aliphatic heterocycles. The van der Waals surface area contributed by atoms with Crippen molar-refractivity contribution in [3.8, 4) is 0 Å². The van der Waals surface area contributed by atoms with Crippen molar-refractivity contribution < 1.29 is 18.0 Å².